The van der Waals surface area contributed by atoms with E-state index in [9.17, 15) is 43.2 Å². The summed E-state index contributed by atoms with van der Waals surface area (Å²) in [5, 5.41) is 16.6. The van der Waals surface area contributed by atoms with Gasteiger partial charge in [0.2, 0.25) is 17.7 Å². The minimum absolute atomic E-state index is 0.0138. The van der Waals surface area contributed by atoms with Crippen molar-refractivity contribution < 1.29 is 95.6 Å². The van der Waals surface area contributed by atoms with Crippen molar-refractivity contribution in [3.8, 4) is 0 Å². The molecule has 1 saturated carbocycles. The van der Waals surface area contributed by atoms with Gasteiger partial charge in [0.1, 0.15) is 13.2 Å². The Morgan fingerprint density at radius 2 is 1.00 bits per heavy atom. The molecule has 432 valence electrons. The van der Waals surface area contributed by atoms with Gasteiger partial charge in [-0.05, 0) is 43.6 Å². The first-order valence-corrected chi connectivity index (χ1v) is 26.3. The van der Waals surface area contributed by atoms with E-state index in [0.717, 1.165) is 31.2 Å². The molecule has 1 fully saturated rings. The predicted octanol–water partition coefficient (Wildman–Crippen LogP) is 0.444. The van der Waals surface area contributed by atoms with Crippen LogP contribution in [0.5, 0.6) is 0 Å². The number of amides is 5. The van der Waals surface area contributed by atoms with Crippen molar-refractivity contribution in [1.82, 2.24) is 20.9 Å². The van der Waals surface area contributed by atoms with Gasteiger partial charge in [0.15, 0.2) is 17.3 Å². The molecule has 0 bridgehead atoms. The molecule has 1 atom stereocenters. The predicted molar refractivity (Wildman–Crippen MR) is 273 cm³/mol. The quantitative estimate of drug-likeness (QED) is 0.0508. The normalized spacial score (nSPS) is 15.6. The summed E-state index contributed by atoms with van der Waals surface area (Å²) in [6, 6.07) is 9.02. The average molecular weight is 1090 g/mol. The third-order valence-corrected chi connectivity index (χ3v) is 11.8. The maximum absolute atomic E-state index is 13.0. The zero-order chi connectivity index (χ0) is 55.6. The molecule has 0 unspecified atom stereocenters. The first kappa shape index (κ1) is 65.9. The van der Waals surface area contributed by atoms with E-state index in [1.807, 2.05) is 6.07 Å². The second-order valence-electron chi connectivity index (χ2n) is 18.0. The lowest BCUT2D eigenvalue weighted by Crippen LogP contribution is -2.39. The van der Waals surface area contributed by atoms with Gasteiger partial charge in [0, 0.05) is 62.8 Å². The molecule has 24 nitrogen and oxygen atoms in total. The van der Waals surface area contributed by atoms with Gasteiger partial charge in [-0.3, -0.25) is 43.3 Å². The van der Waals surface area contributed by atoms with E-state index in [1.165, 1.54) is 17.1 Å². The first-order valence-electron chi connectivity index (χ1n) is 26.3. The third kappa shape index (κ3) is 33.5. The molecule has 24 heteroatoms. The van der Waals surface area contributed by atoms with Crippen LogP contribution in [0.25, 0.3) is 0 Å². The van der Waals surface area contributed by atoms with Crippen molar-refractivity contribution in [3.63, 3.8) is 0 Å². The van der Waals surface area contributed by atoms with E-state index in [-0.39, 0.29) is 113 Å². The number of ketones is 3. The number of carbonyl (C=O) groups is 9. The van der Waals surface area contributed by atoms with E-state index in [1.54, 1.807) is 24.3 Å². The summed E-state index contributed by atoms with van der Waals surface area (Å²) >= 11 is 0. The number of hydrogen-bond donors (Lipinski definition) is 4. The molecule has 5 amide bonds. The summed E-state index contributed by atoms with van der Waals surface area (Å²) in [6.07, 6.45) is 5.39. The van der Waals surface area contributed by atoms with Crippen molar-refractivity contribution in [2.24, 2.45) is 17.8 Å². The largest absolute Gasteiger partial charge is 0.480 e. The molecule has 0 radical (unpaired) electrons. The van der Waals surface area contributed by atoms with Crippen LogP contribution in [0.1, 0.15) is 56.9 Å². The minimum atomic E-state index is -1.16. The van der Waals surface area contributed by atoms with Gasteiger partial charge in [-0.15, -0.1) is 0 Å². The Morgan fingerprint density at radius 3 is 1.52 bits per heavy atom. The number of ether oxygens (including phenoxy) is 10. The number of Topliss-reactive ketones (excluding diaryl/α,β-unsaturated/α-hetero) is 3. The lowest BCUT2D eigenvalue weighted by Gasteiger charge is -2.30. The number of benzene rings is 1. The van der Waals surface area contributed by atoms with Gasteiger partial charge in [-0.1, -0.05) is 30.3 Å². The Morgan fingerprint density at radius 1 is 0.519 bits per heavy atom. The van der Waals surface area contributed by atoms with Gasteiger partial charge >= 0.3 is 5.97 Å². The van der Waals surface area contributed by atoms with Crippen LogP contribution in [0, 0.1) is 17.8 Å². The molecule has 1 aromatic rings. The van der Waals surface area contributed by atoms with Crippen molar-refractivity contribution in [2.45, 2.75) is 57.8 Å². The Balaban J connectivity index is 1.00. The Bertz CT molecular complexity index is 1910. The molecule has 0 spiro atoms. The number of hydrogen-bond acceptors (Lipinski definition) is 19. The molecular formula is C53H80N4O20. The molecule has 2 aliphatic rings. The summed E-state index contributed by atoms with van der Waals surface area (Å²) in [4.78, 5) is 110. The third-order valence-electron chi connectivity index (χ3n) is 11.8. The van der Waals surface area contributed by atoms with Crippen LogP contribution < -0.4 is 16.0 Å². The van der Waals surface area contributed by atoms with Crippen LogP contribution in [0.2, 0.25) is 0 Å². The Hall–Kier alpha value is -5.41. The lowest BCUT2D eigenvalue weighted by molar-refractivity contribution is -0.143. The standard InChI is InChI=1S/C53H80N4O20/c58-45(14-16-76-40-51(64)65)36-56-53(67)44(34-41-4-2-1-3-5-41)35-47(60)37-55-48(61)11-10-46(59)39-77-33-32-75-31-30-74-29-28-73-27-26-72-25-24-71-23-22-70-21-20-69-19-18-68-17-15-54-52(66)43-8-6-42(7-9-43)38-57-49(62)12-13-50(57)63/h1-5,12-13,42-44H,6-11,14-40H2,(H,54,66)(H,55,61)(H,56,67)(H,64,65)/t42?,43?,44-/m0/s1. The number of carboxylic acid groups (broad SMARTS) is 1. The summed E-state index contributed by atoms with van der Waals surface area (Å²) in [5.41, 5.74) is 0.802. The van der Waals surface area contributed by atoms with Crippen molar-refractivity contribution >= 4 is 52.9 Å². The zero-order valence-corrected chi connectivity index (χ0v) is 44.3. The molecule has 1 aliphatic carbocycles. The highest BCUT2D eigenvalue weighted by Gasteiger charge is 2.31. The number of aliphatic carboxylic acids is 1. The molecule has 4 N–H and O–H groups in total. The molecule has 1 aromatic carbocycles. The number of carboxylic acids is 1. The van der Waals surface area contributed by atoms with Gasteiger partial charge in [0.05, 0.1) is 132 Å². The zero-order valence-electron chi connectivity index (χ0n) is 44.3. The molecule has 0 saturated heterocycles. The number of imide groups is 1. The van der Waals surface area contributed by atoms with Crippen LogP contribution in [-0.2, 0) is 96.9 Å². The highest BCUT2D eigenvalue weighted by Crippen LogP contribution is 2.30. The van der Waals surface area contributed by atoms with E-state index in [4.69, 9.17) is 52.5 Å². The van der Waals surface area contributed by atoms with Crippen LogP contribution in [0.3, 0.4) is 0 Å². The highest BCUT2D eigenvalue weighted by molar-refractivity contribution is 6.12. The topological polar surface area (TPSA) is 305 Å². The van der Waals surface area contributed by atoms with Crippen molar-refractivity contribution in [3.05, 3.63) is 48.0 Å². The van der Waals surface area contributed by atoms with Gasteiger partial charge in [-0.2, -0.15) is 0 Å². The number of rotatable bonds is 49. The first-order chi connectivity index (χ1) is 37.4. The fourth-order valence-electron chi connectivity index (χ4n) is 7.69. The monoisotopic (exact) mass is 1090 g/mol. The van der Waals surface area contributed by atoms with E-state index in [0.29, 0.717) is 112 Å². The number of carbonyl (C=O) groups excluding carboxylic acids is 8. The maximum atomic E-state index is 13.0. The molecule has 1 aliphatic heterocycles. The molecule has 0 aromatic heterocycles. The molecule has 3 rings (SSSR count). The summed E-state index contributed by atoms with van der Waals surface area (Å²) in [6.45, 7) is 5.79. The number of nitrogens with one attached hydrogen (secondary N) is 3. The van der Waals surface area contributed by atoms with Gasteiger partial charge < -0.3 is 68.4 Å². The van der Waals surface area contributed by atoms with Crippen LogP contribution in [0.15, 0.2) is 42.5 Å². The SMILES string of the molecule is O=C(O)COCCC(=O)CNC(=O)[C@H](CC(=O)CNC(=O)CCC(=O)COCCOCCOCCOCCOCCOCCOCCOCCOCCNC(=O)C1CCC(CN2C(=O)C=CC2=O)CC1)Cc1ccccc1. The fraction of sp³-hybridized carbons (Fsp3) is 0.679. The van der Waals surface area contributed by atoms with Crippen LogP contribution >= 0.6 is 0 Å². The van der Waals surface area contributed by atoms with E-state index < -0.39 is 36.1 Å². The van der Waals surface area contributed by atoms with Crippen LogP contribution in [0.4, 0.5) is 0 Å². The average Bonchev–Trinajstić information content (AvgIpc) is 3.74. The maximum Gasteiger partial charge on any atom is 0.329 e. The lowest BCUT2D eigenvalue weighted by atomic mass is 9.81. The summed E-state index contributed by atoms with van der Waals surface area (Å²) in [7, 11) is 0. The van der Waals surface area contributed by atoms with Gasteiger partial charge in [0.25, 0.3) is 11.8 Å². The fourth-order valence-corrected chi connectivity index (χ4v) is 7.69. The number of nitrogens with zero attached hydrogens (tertiary/aromatic N) is 1. The molecular weight excluding hydrogens is 1010 g/mol. The molecule has 1 heterocycles. The van der Waals surface area contributed by atoms with Crippen molar-refractivity contribution in [1.29, 1.82) is 0 Å². The molecule has 77 heavy (non-hydrogen) atoms. The smallest absolute Gasteiger partial charge is 0.329 e. The van der Waals surface area contributed by atoms with E-state index in [2.05, 4.69) is 16.0 Å². The van der Waals surface area contributed by atoms with E-state index >= 15 is 0 Å². The van der Waals surface area contributed by atoms with Gasteiger partial charge in [-0.25, -0.2) is 4.79 Å². The van der Waals surface area contributed by atoms with Crippen molar-refractivity contribution in [2.75, 3.05) is 158 Å². The second-order valence-corrected chi connectivity index (χ2v) is 18.0. The minimum Gasteiger partial charge on any atom is -0.480 e. The second kappa shape index (κ2) is 42.6. The highest BCUT2D eigenvalue weighted by atomic mass is 16.6. The Labute approximate surface area is 450 Å². The van der Waals surface area contributed by atoms with Crippen LogP contribution in [-0.4, -0.2) is 221 Å². The Kier molecular flexibility index (Phi) is 36.4. The summed E-state index contributed by atoms with van der Waals surface area (Å²) < 4.78 is 54.1. The summed E-state index contributed by atoms with van der Waals surface area (Å²) in [5.74, 6) is -4.40.